The standard InChI is InChI=1S/C19H19Cl2NO3/c1-2-25-18(23)8-9-22(13-14-6-4-3-5-7-14)19(24)15-10-16(20)12-17(21)11-15/h3-7,10-12H,2,8-9,13H2,1H3. The molecule has 0 saturated heterocycles. The van der Waals surface area contributed by atoms with Crippen molar-refractivity contribution in [2.75, 3.05) is 13.2 Å². The van der Waals surface area contributed by atoms with Crippen LogP contribution in [0.3, 0.4) is 0 Å². The van der Waals surface area contributed by atoms with Crippen LogP contribution in [-0.2, 0) is 16.1 Å². The quantitative estimate of drug-likeness (QED) is 0.660. The Kier molecular flexibility index (Phi) is 7.29. The van der Waals surface area contributed by atoms with E-state index >= 15 is 0 Å². The van der Waals surface area contributed by atoms with Crippen molar-refractivity contribution >= 4 is 35.1 Å². The number of nitrogens with zero attached hydrogens (tertiary/aromatic N) is 1. The molecule has 132 valence electrons. The fourth-order valence-corrected chi connectivity index (χ4v) is 2.90. The van der Waals surface area contributed by atoms with Crippen molar-refractivity contribution < 1.29 is 14.3 Å². The first-order chi connectivity index (χ1) is 12.0. The van der Waals surface area contributed by atoms with Gasteiger partial charge in [-0.15, -0.1) is 0 Å². The van der Waals surface area contributed by atoms with E-state index in [2.05, 4.69) is 0 Å². The zero-order valence-corrected chi connectivity index (χ0v) is 15.4. The largest absolute Gasteiger partial charge is 0.466 e. The van der Waals surface area contributed by atoms with Gasteiger partial charge in [0.15, 0.2) is 0 Å². The molecule has 2 aromatic carbocycles. The third-order valence-electron chi connectivity index (χ3n) is 3.50. The number of carbonyl (C=O) groups is 2. The van der Waals surface area contributed by atoms with Crippen LogP contribution in [0.25, 0.3) is 0 Å². The van der Waals surface area contributed by atoms with Crippen LogP contribution in [0.2, 0.25) is 10.0 Å². The average molecular weight is 380 g/mol. The van der Waals surface area contributed by atoms with E-state index in [4.69, 9.17) is 27.9 Å². The van der Waals surface area contributed by atoms with Gasteiger partial charge in [-0.2, -0.15) is 0 Å². The summed E-state index contributed by atoms with van der Waals surface area (Å²) in [6.45, 7) is 2.69. The Bertz CT molecular complexity index is 714. The van der Waals surface area contributed by atoms with Gasteiger partial charge >= 0.3 is 5.97 Å². The van der Waals surface area contributed by atoms with E-state index in [0.717, 1.165) is 5.56 Å². The molecule has 0 aliphatic heterocycles. The lowest BCUT2D eigenvalue weighted by Gasteiger charge is -2.23. The number of carbonyl (C=O) groups excluding carboxylic acids is 2. The van der Waals surface area contributed by atoms with Crippen molar-refractivity contribution in [1.29, 1.82) is 0 Å². The average Bonchev–Trinajstić information content (AvgIpc) is 2.58. The number of rotatable bonds is 7. The molecule has 0 saturated carbocycles. The Labute approximate surface area is 157 Å². The second-order valence-electron chi connectivity index (χ2n) is 5.43. The Morgan fingerprint density at radius 1 is 1.04 bits per heavy atom. The molecule has 0 bridgehead atoms. The van der Waals surface area contributed by atoms with Crippen LogP contribution in [0.4, 0.5) is 0 Å². The van der Waals surface area contributed by atoms with Crippen molar-refractivity contribution in [3.63, 3.8) is 0 Å². The lowest BCUT2D eigenvalue weighted by atomic mass is 10.1. The highest BCUT2D eigenvalue weighted by Crippen LogP contribution is 2.21. The summed E-state index contributed by atoms with van der Waals surface area (Å²) in [6, 6.07) is 14.3. The highest BCUT2D eigenvalue weighted by atomic mass is 35.5. The molecule has 25 heavy (non-hydrogen) atoms. The molecule has 0 aliphatic carbocycles. The summed E-state index contributed by atoms with van der Waals surface area (Å²) in [5.74, 6) is -0.574. The maximum atomic E-state index is 12.9. The molecular weight excluding hydrogens is 361 g/mol. The van der Waals surface area contributed by atoms with Crippen LogP contribution < -0.4 is 0 Å². The minimum atomic E-state index is -0.336. The lowest BCUT2D eigenvalue weighted by Crippen LogP contribution is -2.33. The third-order valence-corrected chi connectivity index (χ3v) is 3.94. The van der Waals surface area contributed by atoms with Gasteiger partial charge in [0.2, 0.25) is 0 Å². The minimum Gasteiger partial charge on any atom is -0.466 e. The summed E-state index contributed by atoms with van der Waals surface area (Å²) in [7, 11) is 0. The van der Waals surface area contributed by atoms with Crippen LogP contribution in [0, 0.1) is 0 Å². The van der Waals surface area contributed by atoms with Crippen LogP contribution in [0.1, 0.15) is 29.3 Å². The minimum absolute atomic E-state index is 0.126. The molecule has 0 spiro atoms. The molecule has 0 atom stereocenters. The first-order valence-corrected chi connectivity index (χ1v) is 8.70. The summed E-state index contributed by atoms with van der Waals surface area (Å²) in [5.41, 5.74) is 1.35. The topological polar surface area (TPSA) is 46.6 Å². The predicted octanol–water partition coefficient (Wildman–Crippen LogP) is 4.59. The summed E-state index contributed by atoms with van der Waals surface area (Å²) in [4.78, 5) is 26.1. The smallest absolute Gasteiger partial charge is 0.307 e. The molecule has 0 aromatic heterocycles. The maximum Gasteiger partial charge on any atom is 0.307 e. The lowest BCUT2D eigenvalue weighted by molar-refractivity contribution is -0.143. The van der Waals surface area contributed by atoms with Gasteiger partial charge in [0, 0.05) is 28.7 Å². The van der Waals surface area contributed by atoms with E-state index in [9.17, 15) is 9.59 Å². The van der Waals surface area contributed by atoms with Crippen LogP contribution in [0.5, 0.6) is 0 Å². The number of halogens is 2. The number of hydrogen-bond acceptors (Lipinski definition) is 3. The Morgan fingerprint density at radius 3 is 2.28 bits per heavy atom. The van der Waals surface area contributed by atoms with E-state index in [1.165, 1.54) is 0 Å². The van der Waals surface area contributed by atoms with Crippen molar-refractivity contribution in [3.05, 3.63) is 69.7 Å². The zero-order chi connectivity index (χ0) is 18.2. The van der Waals surface area contributed by atoms with Crippen LogP contribution in [-0.4, -0.2) is 29.9 Å². The van der Waals surface area contributed by atoms with Crippen LogP contribution in [0.15, 0.2) is 48.5 Å². The van der Waals surface area contributed by atoms with Gasteiger partial charge < -0.3 is 9.64 Å². The van der Waals surface area contributed by atoms with Gasteiger partial charge in [0.1, 0.15) is 0 Å². The monoisotopic (exact) mass is 379 g/mol. The summed E-state index contributed by atoms with van der Waals surface area (Å²) >= 11 is 12.0. The highest BCUT2D eigenvalue weighted by Gasteiger charge is 2.18. The Hall–Kier alpha value is -2.04. The normalized spacial score (nSPS) is 10.4. The van der Waals surface area contributed by atoms with Gasteiger partial charge in [0.05, 0.1) is 13.0 Å². The molecule has 2 rings (SSSR count). The van der Waals surface area contributed by atoms with Gasteiger partial charge in [0.25, 0.3) is 5.91 Å². The Morgan fingerprint density at radius 2 is 1.68 bits per heavy atom. The van der Waals surface area contributed by atoms with E-state index < -0.39 is 0 Å². The third kappa shape index (κ3) is 6.07. The van der Waals surface area contributed by atoms with E-state index in [1.807, 2.05) is 30.3 Å². The number of hydrogen-bond donors (Lipinski definition) is 0. The van der Waals surface area contributed by atoms with Gasteiger partial charge in [-0.1, -0.05) is 53.5 Å². The zero-order valence-electron chi connectivity index (χ0n) is 13.9. The summed E-state index contributed by atoms with van der Waals surface area (Å²) < 4.78 is 4.95. The maximum absolute atomic E-state index is 12.9. The van der Waals surface area contributed by atoms with Gasteiger partial charge in [-0.05, 0) is 30.7 Å². The summed E-state index contributed by atoms with van der Waals surface area (Å²) in [5, 5.41) is 0.779. The molecule has 1 amide bonds. The molecule has 0 N–H and O–H groups in total. The van der Waals surface area contributed by atoms with E-state index in [-0.39, 0.29) is 24.8 Å². The molecule has 0 aliphatic rings. The van der Waals surface area contributed by atoms with Crippen molar-refractivity contribution in [2.45, 2.75) is 19.9 Å². The SMILES string of the molecule is CCOC(=O)CCN(Cc1ccccc1)C(=O)c1cc(Cl)cc(Cl)c1. The summed E-state index contributed by atoms with van der Waals surface area (Å²) in [6.07, 6.45) is 0.126. The molecule has 0 fully saturated rings. The first-order valence-electron chi connectivity index (χ1n) is 7.94. The predicted molar refractivity (Wildman–Crippen MR) is 98.9 cm³/mol. The number of esters is 1. The van der Waals surface area contributed by atoms with Gasteiger partial charge in [-0.25, -0.2) is 0 Å². The molecule has 0 unspecified atom stereocenters. The molecular formula is C19H19Cl2NO3. The van der Waals surface area contributed by atoms with E-state index in [1.54, 1.807) is 30.0 Å². The van der Waals surface area contributed by atoms with Crippen molar-refractivity contribution in [2.24, 2.45) is 0 Å². The Balaban J connectivity index is 2.19. The molecule has 0 heterocycles. The highest BCUT2D eigenvalue weighted by molar-refractivity contribution is 6.35. The number of ether oxygens (including phenoxy) is 1. The second kappa shape index (κ2) is 9.44. The number of benzene rings is 2. The first kappa shape index (κ1) is 19.3. The van der Waals surface area contributed by atoms with Crippen molar-refractivity contribution in [1.82, 2.24) is 4.90 Å². The van der Waals surface area contributed by atoms with Gasteiger partial charge in [-0.3, -0.25) is 9.59 Å². The fraction of sp³-hybridized carbons (Fsp3) is 0.263. The number of amides is 1. The molecule has 4 nitrogen and oxygen atoms in total. The molecule has 6 heteroatoms. The van der Waals surface area contributed by atoms with Crippen LogP contribution >= 0.6 is 23.2 Å². The van der Waals surface area contributed by atoms with Crippen molar-refractivity contribution in [3.8, 4) is 0 Å². The van der Waals surface area contributed by atoms with E-state index in [0.29, 0.717) is 28.8 Å². The fourth-order valence-electron chi connectivity index (χ4n) is 2.38. The molecule has 2 aromatic rings. The molecule has 0 radical (unpaired) electrons. The second-order valence-corrected chi connectivity index (χ2v) is 6.30.